The molecule has 1 saturated carbocycles. The molecule has 1 heteroatoms. The molecule has 3 rings (SSSR count). The molecular weight excluding hydrogens is 208 g/mol. The predicted octanol–water partition coefficient (Wildman–Crippen LogP) is 4.18. The summed E-state index contributed by atoms with van der Waals surface area (Å²) in [6.07, 6.45) is 5.56. The summed E-state index contributed by atoms with van der Waals surface area (Å²) in [7, 11) is 0. The van der Waals surface area contributed by atoms with E-state index >= 15 is 0 Å². The van der Waals surface area contributed by atoms with Crippen LogP contribution in [0.3, 0.4) is 0 Å². The van der Waals surface area contributed by atoms with Gasteiger partial charge in [0.2, 0.25) is 0 Å². The zero-order valence-corrected chi connectivity index (χ0v) is 12.1. The standard InChI is InChI=1S/C16H26O/c1-10-8-14(2,3)11-7-13-16(6,17-13)9-12(11)15(10,4)5/h9-11,13H,7-8H2,1-6H3. The lowest BCUT2D eigenvalue weighted by Crippen LogP contribution is -2.46. The van der Waals surface area contributed by atoms with Gasteiger partial charge in [-0.2, -0.15) is 0 Å². The van der Waals surface area contributed by atoms with Crippen molar-refractivity contribution in [2.24, 2.45) is 22.7 Å². The second-order valence-corrected chi connectivity index (χ2v) is 7.99. The van der Waals surface area contributed by atoms with E-state index in [9.17, 15) is 0 Å². The highest BCUT2D eigenvalue weighted by atomic mass is 16.6. The van der Waals surface area contributed by atoms with Gasteiger partial charge in [-0.1, -0.05) is 46.3 Å². The molecule has 0 aromatic rings. The first-order valence-corrected chi connectivity index (χ1v) is 7.08. The van der Waals surface area contributed by atoms with Crippen LogP contribution in [0.15, 0.2) is 11.6 Å². The minimum absolute atomic E-state index is 0.0796. The third kappa shape index (κ3) is 1.47. The first-order chi connectivity index (χ1) is 7.67. The number of fused-ring (bicyclic) bond motifs is 2. The normalized spacial score (nSPS) is 50.0. The Morgan fingerprint density at radius 2 is 1.82 bits per heavy atom. The van der Waals surface area contributed by atoms with Crippen molar-refractivity contribution in [2.75, 3.05) is 0 Å². The largest absolute Gasteiger partial charge is 0.362 e. The van der Waals surface area contributed by atoms with Crippen LogP contribution in [-0.4, -0.2) is 11.7 Å². The highest BCUT2D eigenvalue weighted by Gasteiger charge is 2.60. The third-order valence-corrected chi connectivity index (χ3v) is 6.00. The molecule has 1 nitrogen and oxygen atoms in total. The Morgan fingerprint density at radius 3 is 2.47 bits per heavy atom. The fraction of sp³-hybridized carbons (Fsp3) is 0.875. The first-order valence-electron chi connectivity index (χ1n) is 7.08. The van der Waals surface area contributed by atoms with E-state index in [2.05, 4.69) is 47.6 Å². The fourth-order valence-electron chi connectivity index (χ4n) is 4.28. The molecule has 2 aliphatic carbocycles. The Morgan fingerprint density at radius 1 is 1.18 bits per heavy atom. The molecule has 4 unspecified atom stereocenters. The van der Waals surface area contributed by atoms with E-state index in [1.807, 2.05) is 0 Å². The molecule has 3 aliphatic rings. The van der Waals surface area contributed by atoms with E-state index in [0.717, 1.165) is 11.8 Å². The van der Waals surface area contributed by atoms with E-state index in [-0.39, 0.29) is 5.60 Å². The first kappa shape index (κ1) is 11.8. The molecular formula is C16H26O. The van der Waals surface area contributed by atoms with Gasteiger partial charge < -0.3 is 4.74 Å². The number of hydrogen-bond acceptors (Lipinski definition) is 1. The molecule has 2 fully saturated rings. The smallest absolute Gasteiger partial charge is 0.110 e. The van der Waals surface area contributed by atoms with Crippen molar-refractivity contribution in [1.29, 1.82) is 0 Å². The summed E-state index contributed by atoms with van der Waals surface area (Å²) in [5.74, 6) is 1.49. The maximum Gasteiger partial charge on any atom is 0.110 e. The molecule has 0 radical (unpaired) electrons. The van der Waals surface area contributed by atoms with Crippen molar-refractivity contribution in [3.63, 3.8) is 0 Å². The van der Waals surface area contributed by atoms with E-state index in [0.29, 0.717) is 16.9 Å². The van der Waals surface area contributed by atoms with E-state index in [4.69, 9.17) is 4.74 Å². The van der Waals surface area contributed by atoms with E-state index < -0.39 is 0 Å². The second kappa shape index (κ2) is 2.99. The van der Waals surface area contributed by atoms with Crippen molar-refractivity contribution in [2.45, 2.75) is 66.1 Å². The molecule has 1 aliphatic heterocycles. The van der Waals surface area contributed by atoms with Crippen molar-refractivity contribution < 1.29 is 4.74 Å². The summed E-state index contributed by atoms with van der Waals surface area (Å²) in [6, 6.07) is 0. The van der Waals surface area contributed by atoms with Gasteiger partial charge in [-0.05, 0) is 42.4 Å². The Bertz CT molecular complexity index is 390. The van der Waals surface area contributed by atoms with Crippen molar-refractivity contribution in [3.05, 3.63) is 11.6 Å². The molecule has 0 bridgehead atoms. The second-order valence-electron chi connectivity index (χ2n) is 7.99. The van der Waals surface area contributed by atoms with Crippen LogP contribution in [0.1, 0.15) is 54.4 Å². The molecule has 0 amide bonds. The molecule has 4 atom stereocenters. The monoisotopic (exact) mass is 234 g/mol. The SMILES string of the molecule is CC1CC(C)(C)C2CC3OC3(C)C=C2C1(C)C. The average Bonchev–Trinajstić information content (AvgIpc) is 2.84. The molecule has 1 saturated heterocycles. The molecule has 0 N–H and O–H groups in total. The lowest BCUT2D eigenvalue weighted by atomic mass is 9.51. The lowest BCUT2D eigenvalue weighted by molar-refractivity contribution is 0.0584. The summed E-state index contributed by atoms with van der Waals surface area (Å²) in [5, 5.41) is 0. The van der Waals surface area contributed by atoms with Crippen LogP contribution >= 0.6 is 0 Å². The highest BCUT2D eigenvalue weighted by Crippen LogP contribution is 2.62. The Kier molecular flexibility index (Phi) is 2.07. The molecule has 17 heavy (non-hydrogen) atoms. The molecule has 0 aromatic carbocycles. The van der Waals surface area contributed by atoms with Crippen molar-refractivity contribution >= 4 is 0 Å². The number of hydrogen-bond donors (Lipinski definition) is 0. The van der Waals surface area contributed by atoms with Crippen LogP contribution in [0.2, 0.25) is 0 Å². The van der Waals surface area contributed by atoms with E-state index in [1.54, 1.807) is 5.57 Å². The maximum atomic E-state index is 5.90. The summed E-state index contributed by atoms with van der Waals surface area (Å²) in [5.41, 5.74) is 2.54. The van der Waals surface area contributed by atoms with Crippen molar-refractivity contribution in [1.82, 2.24) is 0 Å². The molecule has 0 spiro atoms. The molecule has 96 valence electrons. The van der Waals surface area contributed by atoms with E-state index in [1.165, 1.54) is 12.8 Å². The zero-order valence-electron chi connectivity index (χ0n) is 12.1. The van der Waals surface area contributed by atoms with Gasteiger partial charge in [0.15, 0.2) is 0 Å². The lowest BCUT2D eigenvalue weighted by Gasteiger charge is -2.53. The minimum atomic E-state index is 0.0796. The van der Waals surface area contributed by atoms with Crippen LogP contribution < -0.4 is 0 Å². The maximum absolute atomic E-state index is 5.90. The molecule has 0 aromatic heterocycles. The van der Waals surface area contributed by atoms with Crippen LogP contribution in [-0.2, 0) is 4.74 Å². The van der Waals surface area contributed by atoms with Crippen LogP contribution in [0.5, 0.6) is 0 Å². The Labute approximate surface area is 106 Å². The summed E-state index contributed by atoms with van der Waals surface area (Å²) in [6.45, 7) is 14.4. The van der Waals surface area contributed by atoms with Gasteiger partial charge in [-0.3, -0.25) is 0 Å². The van der Waals surface area contributed by atoms with Gasteiger partial charge in [0, 0.05) is 0 Å². The Balaban J connectivity index is 2.07. The quantitative estimate of drug-likeness (QED) is 0.452. The Hall–Kier alpha value is -0.300. The van der Waals surface area contributed by atoms with Gasteiger partial charge in [-0.15, -0.1) is 0 Å². The third-order valence-electron chi connectivity index (χ3n) is 6.00. The van der Waals surface area contributed by atoms with Gasteiger partial charge in [0.25, 0.3) is 0 Å². The number of allylic oxidation sites excluding steroid dienone is 1. The summed E-state index contributed by atoms with van der Waals surface area (Å²) in [4.78, 5) is 0. The number of ether oxygens (including phenoxy) is 1. The topological polar surface area (TPSA) is 12.5 Å². The zero-order chi connectivity index (χ0) is 12.6. The van der Waals surface area contributed by atoms with Gasteiger partial charge in [0.1, 0.15) is 5.60 Å². The number of epoxide rings is 1. The summed E-state index contributed by atoms with van der Waals surface area (Å²) >= 11 is 0. The summed E-state index contributed by atoms with van der Waals surface area (Å²) < 4.78 is 5.90. The number of rotatable bonds is 0. The van der Waals surface area contributed by atoms with Crippen LogP contribution in [0.25, 0.3) is 0 Å². The van der Waals surface area contributed by atoms with Crippen LogP contribution in [0, 0.1) is 22.7 Å². The minimum Gasteiger partial charge on any atom is -0.362 e. The van der Waals surface area contributed by atoms with Crippen LogP contribution in [0.4, 0.5) is 0 Å². The highest BCUT2D eigenvalue weighted by molar-refractivity contribution is 5.34. The van der Waals surface area contributed by atoms with Crippen molar-refractivity contribution in [3.8, 4) is 0 Å². The average molecular weight is 234 g/mol. The van der Waals surface area contributed by atoms with Gasteiger partial charge in [-0.25, -0.2) is 0 Å². The van der Waals surface area contributed by atoms with Gasteiger partial charge >= 0.3 is 0 Å². The molecule has 1 heterocycles. The fourth-order valence-corrected chi connectivity index (χ4v) is 4.28. The predicted molar refractivity (Wildman–Crippen MR) is 70.8 cm³/mol. The van der Waals surface area contributed by atoms with Gasteiger partial charge in [0.05, 0.1) is 6.10 Å².